The van der Waals surface area contributed by atoms with Gasteiger partial charge in [0.15, 0.2) is 0 Å². The first-order valence-corrected chi connectivity index (χ1v) is 6.75. The third-order valence-electron chi connectivity index (χ3n) is 2.71. The Kier molecular flexibility index (Phi) is 3.38. The molecule has 1 aliphatic rings. The van der Waals surface area contributed by atoms with Gasteiger partial charge in [-0.25, -0.2) is 4.39 Å². The van der Waals surface area contributed by atoms with Crippen molar-refractivity contribution in [2.24, 2.45) is 0 Å². The van der Waals surface area contributed by atoms with Gasteiger partial charge in [0.25, 0.3) is 0 Å². The minimum absolute atomic E-state index is 0.186. The van der Waals surface area contributed by atoms with E-state index in [0.29, 0.717) is 15.8 Å². The first-order chi connectivity index (χ1) is 7.13. The second-order valence-electron chi connectivity index (χ2n) is 3.66. The van der Waals surface area contributed by atoms with Crippen LogP contribution >= 0.6 is 27.7 Å². The lowest BCUT2D eigenvalue weighted by Gasteiger charge is -2.29. The van der Waals surface area contributed by atoms with Gasteiger partial charge in [-0.15, -0.1) is 0 Å². The number of benzene rings is 1. The summed E-state index contributed by atoms with van der Waals surface area (Å²) < 4.78 is 14.3. The molecule has 0 amide bonds. The van der Waals surface area contributed by atoms with Crippen LogP contribution in [-0.2, 0) is 5.75 Å². The first kappa shape index (κ1) is 11.4. The molecule has 1 aliphatic heterocycles. The minimum atomic E-state index is -0.546. The van der Waals surface area contributed by atoms with Crippen LogP contribution < -0.4 is 0 Å². The molecule has 1 heterocycles. The number of thioether (sulfide) groups is 1. The molecule has 1 nitrogen and oxygen atoms in total. The van der Waals surface area contributed by atoms with E-state index in [1.165, 1.54) is 6.07 Å². The van der Waals surface area contributed by atoms with Gasteiger partial charge < -0.3 is 5.11 Å². The van der Waals surface area contributed by atoms with E-state index >= 15 is 0 Å². The lowest BCUT2D eigenvalue weighted by Crippen LogP contribution is -2.21. The molecule has 0 bridgehead atoms. The number of rotatable bonds is 1. The summed E-state index contributed by atoms with van der Waals surface area (Å²) in [5.74, 6) is 0.435. The van der Waals surface area contributed by atoms with Crippen molar-refractivity contribution in [2.45, 2.75) is 30.5 Å². The van der Waals surface area contributed by atoms with Crippen molar-refractivity contribution < 1.29 is 9.50 Å². The number of aliphatic hydroxyl groups is 1. The van der Waals surface area contributed by atoms with Gasteiger partial charge in [-0.2, -0.15) is 11.8 Å². The topological polar surface area (TPSA) is 20.2 Å². The van der Waals surface area contributed by atoms with E-state index in [9.17, 15) is 9.50 Å². The van der Waals surface area contributed by atoms with E-state index in [1.807, 2.05) is 13.0 Å². The smallest absolute Gasteiger partial charge is 0.128 e. The molecule has 0 radical (unpaired) electrons. The van der Waals surface area contributed by atoms with Crippen molar-refractivity contribution in [3.8, 4) is 0 Å². The lowest BCUT2D eigenvalue weighted by molar-refractivity contribution is 0.169. The molecule has 0 spiro atoms. The molecule has 2 rings (SSSR count). The number of hydrogen-bond donors (Lipinski definition) is 1. The molecule has 1 N–H and O–H groups in total. The summed E-state index contributed by atoms with van der Waals surface area (Å²) in [6.45, 7) is 2.04. The summed E-state index contributed by atoms with van der Waals surface area (Å²) in [5.41, 5.74) is 1.40. The van der Waals surface area contributed by atoms with Gasteiger partial charge in [-0.1, -0.05) is 22.9 Å². The average Bonchev–Trinajstić information content (AvgIpc) is 2.19. The van der Waals surface area contributed by atoms with Crippen LogP contribution in [0.3, 0.4) is 0 Å². The van der Waals surface area contributed by atoms with Crippen LogP contribution in [0.2, 0.25) is 0 Å². The maximum Gasteiger partial charge on any atom is 0.128 e. The Morgan fingerprint density at radius 3 is 3.00 bits per heavy atom. The van der Waals surface area contributed by atoms with E-state index in [-0.39, 0.29) is 11.1 Å². The first-order valence-electron chi connectivity index (χ1n) is 4.91. The van der Waals surface area contributed by atoms with Gasteiger partial charge in [-0.3, -0.25) is 0 Å². The highest BCUT2D eigenvalue weighted by Gasteiger charge is 2.29. The van der Waals surface area contributed by atoms with Gasteiger partial charge in [-0.05, 0) is 24.1 Å². The quantitative estimate of drug-likeness (QED) is 0.852. The van der Waals surface area contributed by atoms with Crippen molar-refractivity contribution in [1.82, 2.24) is 0 Å². The standard InChI is InChI=1S/C11H12BrFOS/c1-2-10-11(14)7-3-6(12)4-9(13)8(7)5-15-10/h3-4,10-11,14H,2,5H2,1H3. The fourth-order valence-electron chi connectivity index (χ4n) is 1.86. The summed E-state index contributed by atoms with van der Waals surface area (Å²) in [6, 6.07) is 3.28. The number of fused-ring (bicyclic) bond motifs is 1. The predicted molar refractivity (Wildman–Crippen MR) is 64.4 cm³/mol. The van der Waals surface area contributed by atoms with Crippen LogP contribution in [0.1, 0.15) is 30.6 Å². The maximum atomic E-state index is 13.6. The van der Waals surface area contributed by atoms with Crippen LogP contribution in [0.5, 0.6) is 0 Å². The molecular formula is C11H12BrFOS. The molecule has 1 aromatic rings. The monoisotopic (exact) mass is 290 g/mol. The summed E-state index contributed by atoms with van der Waals surface area (Å²) in [6.07, 6.45) is 0.357. The Balaban J connectivity index is 2.46. The fraction of sp³-hybridized carbons (Fsp3) is 0.455. The molecule has 2 unspecified atom stereocenters. The molecular weight excluding hydrogens is 279 g/mol. The third-order valence-corrected chi connectivity index (χ3v) is 4.64. The van der Waals surface area contributed by atoms with Crippen LogP contribution in [-0.4, -0.2) is 10.4 Å². The zero-order valence-electron chi connectivity index (χ0n) is 8.34. The molecule has 1 aromatic carbocycles. The summed E-state index contributed by atoms with van der Waals surface area (Å²) in [4.78, 5) is 0. The average molecular weight is 291 g/mol. The van der Waals surface area contributed by atoms with Crippen molar-refractivity contribution in [2.75, 3.05) is 0 Å². The second kappa shape index (κ2) is 4.44. The largest absolute Gasteiger partial charge is 0.387 e. The molecule has 15 heavy (non-hydrogen) atoms. The predicted octanol–water partition coefficient (Wildman–Crippen LogP) is 3.65. The van der Waals surface area contributed by atoms with Crippen LogP contribution in [0.4, 0.5) is 4.39 Å². The highest BCUT2D eigenvalue weighted by atomic mass is 79.9. The van der Waals surface area contributed by atoms with E-state index in [0.717, 1.165) is 12.0 Å². The van der Waals surface area contributed by atoms with Crippen molar-refractivity contribution in [3.63, 3.8) is 0 Å². The maximum absolute atomic E-state index is 13.6. The molecule has 0 fully saturated rings. The van der Waals surface area contributed by atoms with E-state index in [2.05, 4.69) is 15.9 Å². The van der Waals surface area contributed by atoms with Gasteiger partial charge in [0.2, 0.25) is 0 Å². The van der Waals surface area contributed by atoms with E-state index < -0.39 is 6.10 Å². The van der Waals surface area contributed by atoms with Gasteiger partial charge in [0.1, 0.15) is 5.82 Å². The highest BCUT2D eigenvalue weighted by Crippen LogP contribution is 2.41. The second-order valence-corrected chi connectivity index (χ2v) is 5.80. The molecule has 0 saturated heterocycles. The van der Waals surface area contributed by atoms with Crippen LogP contribution in [0.15, 0.2) is 16.6 Å². The Morgan fingerprint density at radius 2 is 2.33 bits per heavy atom. The number of hydrogen-bond acceptors (Lipinski definition) is 2. The zero-order valence-corrected chi connectivity index (χ0v) is 10.7. The molecule has 4 heteroatoms. The SMILES string of the molecule is CCC1SCc2c(F)cc(Br)cc2C1O. The van der Waals surface area contributed by atoms with Gasteiger partial charge >= 0.3 is 0 Å². The molecule has 0 aliphatic carbocycles. The van der Waals surface area contributed by atoms with Gasteiger partial charge in [0, 0.05) is 21.0 Å². The zero-order chi connectivity index (χ0) is 11.0. The van der Waals surface area contributed by atoms with Gasteiger partial charge in [0.05, 0.1) is 6.10 Å². The normalized spacial score (nSPS) is 25.1. The molecule has 2 atom stereocenters. The lowest BCUT2D eigenvalue weighted by atomic mass is 9.99. The number of aliphatic hydroxyl groups excluding tert-OH is 1. The van der Waals surface area contributed by atoms with E-state index in [4.69, 9.17) is 0 Å². The highest BCUT2D eigenvalue weighted by molar-refractivity contribution is 9.10. The fourth-order valence-corrected chi connectivity index (χ4v) is 3.56. The summed E-state index contributed by atoms with van der Waals surface area (Å²) in [7, 11) is 0. The van der Waals surface area contributed by atoms with Crippen LogP contribution in [0, 0.1) is 5.82 Å². The Labute approximate surface area is 101 Å². The third kappa shape index (κ3) is 2.08. The summed E-state index contributed by atoms with van der Waals surface area (Å²) in [5, 5.41) is 10.2. The Bertz CT molecular complexity index is 383. The Morgan fingerprint density at radius 1 is 1.60 bits per heavy atom. The number of halogens is 2. The Hall–Kier alpha value is -0.0600. The molecule has 0 saturated carbocycles. The van der Waals surface area contributed by atoms with Crippen molar-refractivity contribution >= 4 is 27.7 Å². The van der Waals surface area contributed by atoms with Crippen molar-refractivity contribution in [1.29, 1.82) is 0 Å². The molecule has 0 aromatic heterocycles. The van der Waals surface area contributed by atoms with Crippen molar-refractivity contribution in [3.05, 3.63) is 33.5 Å². The molecule has 82 valence electrons. The summed E-state index contributed by atoms with van der Waals surface area (Å²) >= 11 is 4.88. The van der Waals surface area contributed by atoms with E-state index in [1.54, 1.807) is 11.8 Å². The van der Waals surface area contributed by atoms with Crippen LogP contribution in [0.25, 0.3) is 0 Å². The minimum Gasteiger partial charge on any atom is -0.387 e.